The standard InChI is InChI=1S/C62H50N4/c1-43-15-10-23-51(37-43)63(52-24-11-16-44(2)38-52)55-33-35-61-58(41-55)59-42-56(64(53-25-12-17-45(3)39-53)54-26-13-18-46(4)40-54)34-36-62(59)66(61)50-31-29-49(30-32-50)65(48-21-6-5-7-22-48)60-28-14-20-47-19-8-9-27-57(47)60/h5-42H,1-4H3. The van der Waals surface area contributed by atoms with Crippen LogP contribution in [-0.4, -0.2) is 4.57 Å². The maximum absolute atomic E-state index is 2.43. The van der Waals surface area contributed by atoms with E-state index in [0.717, 1.165) is 67.9 Å². The molecule has 0 aliphatic heterocycles. The number of hydrogen-bond donors (Lipinski definition) is 0. The van der Waals surface area contributed by atoms with E-state index < -0.39 is 0 Å². The summed E-state index contributed by atoms with van der Waals surface area (Å²) < 4.78 is 2.43. The van der Waals surface area contributed by atoms with Gasteiger partial charge in [0.25, 0.3) is 0 Å². The lowest BCUT2D eigenvalue weighted by Crippen LogP contribution is -2.10. The minimum absolute atomic E-state index is 1.09. The van der Waals surface area contributed by atoms with E-state index in [0.29, 0.717) is 0 Å². The zero-order valence-electron chi connectivity index (χ0n) is 37.7. The molecule has 66 heavy (non-hydrogen) atoms. The smallest absolute Gasteiger partial charge is 0.0542 e. The predicted molar refractivity (Wildman–Crippen MR) is 281 cm³/mol. The van der Waals surface area contributed by atoms with Crippen molar-refractivity contribution in [3.63, 3.8) is 0 Å². The van der Waals surface area contributed by atoms with Crippen LogP contribution in [0.4, 0.5) is 51.2 Å². The van der Waals surface area contributed by atoms with Gasteiger partial charge in [-0.1, -0.05) is 103 Å². The van der Waals surface area contributed by atoms with Crippen LogP contribution >= 0.6 is 0 Å². The molecule has 0 N–H and O–H groups in total. The summed E-state index contributed by atoms with van der Waals surface area (Å²) in [5, 5.41) is 4.77. The van der Waals surface area contributed by atoms with E-state index >= 15 is 0 Å². The number of para-hydroxylation sites is 1. The highest BCUT2D eigenvalue weighted by molar-refractivity contribution is 6.12. The van der Waals surface area contributed by atoms with Crippen LogP contribution in [0.5, 0.6) is 0 Å². The molecule has 0 saturated carbocycles. The first-order valence-electron chi connectivity index (χ1n) is 22.7. The van der Waals surface area contributed by atoms with Crippen LogP contribution in [0.1, 0.15) is 22.3 Å². The summed E-state index contributed by atoms with van der Waals surface area (Å²) in [4.78, 5) is 7.14. The molecule has 0 fully saturated rings. The van der Waals surface area contributed by atoms with Gasteiger partial charge in [0.15, 0.2) is 0 Å². The van der Waals surface area contributed by atoms with Gasteiger partial charge in [0.1, 0.15) is 0 Å². The molecule has 0 aliphatic carbocycles. The highest BCUT2D eigenvalue weighted by Crippen LogP contribution is 2.44. The molecule has 11 aromatic rings. The fourth-order valence-corrected chi connectivity index (χ4v) is 9.68. The van der Waals surface area contributed by atoms with Gasteiger partial charge < -0.3 is 19.3 Å². The lowest BCUT2D eigenvalue weighted by Gasteiger charge is -2.27. The molecule has 0 amide bonds. The van der Waals surface area contributed by atoms with E-state index in [1.54, 1.807) is 0 Å². The van der Waals surface area contributed by atoms with Crippen LogP contribution in [0.15, 0.2) is 231 Å². The fraction of sp³-hybridized carbons (Fsp3) is 0.0645. The molecule has 0 bridgehead atoms. The molecule has 1 heterocycles. The molecule has 0 unspecified atom stereocenters. The van der Waals surface area contributed by atoms with E-state index in [9.17, 15) is 0 Å². The Hall–Kier alpha value is -8.34. The Morgan fingerprint density at radius 2 is 0.652 bits per heavy atom. The van der Waals surface area contributed by atoms with Crippen molar-refractivity contribution in [2.75, 3.05) is 14.7 Å². The van der Waals surface area contributed by atoms with Crippen molar-refractivity contribution in [1.82, 2.24) is 4.57 Å². The number of aryl methyl sites for hydroxylation is 4. The van der Waals surface area contributed by atoms with Gasteiger partial charge in [0.2, 0.25) is 0 Å². The van der Waals surface area contributed by atoms with Crippen molar-refractivity contribution < 1.29 is 0 Å². The fourth-order valence-electron chi connectivity index (χ4n) is 9.68. The molecule has 10 aromatic carbocycles. The summed E-state index contributed by atoms with van der Waals surface area (Å²) in [6.07, 6.45) is 0. The number of hydrogen-bond acceptors (Lipinski definition) is 3. The van der Waals surface area contributed by atoms with E-state index in [2.05, 4.69) is 277 Å². The summed E-state index contributed by atoms with van der Waals surface area (Å²) in [6, 6.07) is 84.1. The zero-order chi connectivity index (χ0) is 44.7. The average molecular weight is 851 g/mol. The van der Waals surface area contributed by atoms with Gasteiger partial charge in [-0.15, -0.1) is 0 Å². The third-order valence-corrected chi connectivity index (χ3v) is 12.7. The Balaban J connectivity index is 1.12. The quantitative estimate of drug-likeness (QED) is 0.136. The monoisotopic (exact) mass is 850 g/mol. The highest BCUT2D eigenvalue weighted by Gasteiger charge is 2.22. The summed E-state index contributed by atoms with van der Waals surface area (Å²) in [5.41, 5.74) is 18.3. The van der Waals surface area contributed by atoms with Crippen molar-refractivity contribution in [3.05, 3.63) is 253 Å². The second kappa shape index (κ2) is 17.0. The third-order valence-electron chi connectivity index (χ3n) is 12.7. The van der Waals surface area contributed by atoms with Gasteiger partial charge in [-0.2, -0.15) is 0 Å². The third kappa shape index (κ3) is 7.52. The first kappa shape index (κ1) is 40.4. The van der Waals surface area contributed by atoms with Crippen molar-refractivity contribution >= 4 is 83.8 Å². The molecule has 4 heteroatoms. The second-order valence-electron chi connectivity index (χ2n) is 17.5. The summed E-state index contributed by atoms with van der Waals surface area (Å²) in [6.45, 7) is 8.65. The van der Waals surface area contributed by atoms with Crippen molar-refractivity contribution in [2.45, 2.75) is 27.7 Å². The lowest BCUT2D eigenvalue weighted by molar-refractivity contribution is 1.17. The number of rotatable bonds is 10. The van der Waals surface area contributed by atoms with Crippen LogP contribution in [0.25, 0.3) is 38.3 Å². The predicted octanol–water partition coefficient (Wildman–Crippen LogP) is 17.6. The Labute approximate surface area is 387 Å². The molecule has 4 nitrogen and oxygen atoms in total. The van der Waals surface area contributed by atoms with Crippen molar-refractivity contribution in [1.29, 1.82) is 0 Å². The largest absolute Gasteiger partial charge is 0.310 e. The van der Waals surface area contributed by atoms with Gasteiger partial charge in [-0.3, -0.25) is 0 Å². The van der Waals surface area contributed by atoms with E-state index in [1.165, 1.54) is 43.8 Å². The Morgan fingerprint density at radius 1 is 0.273 bits per heavy atom. The van der Waals surface area contributed by atoms with E-state index in [1.807, 2.05) is 0 Å². The molecule has 0 saturated heterocycles. The van der Waals surface area contributed by atoms with Gasteiger partial charge in [0.05, 0.1) is 16.7 Å². The van der Waals surface area contributed by atoms with Gasteiger partial charge in [-0.25, -0.2) is 0 Å². The van der Waals surface area contributed by atoms with Crippen LogP contribution in [0.2, 0.25) is 0 Å². The topological polar surface area (TPSA) is 14.7 Å². The zero-order valence-corrected chi connectivity index (χ0v) is 37.7. The van der Waals surface area contributed by atoms with Gasteiger partial charge >= 0.3 is 0 Å². The lowest BCUT2D eigenvalue weighted by atomic mass is 10.1. The van der Waals surface area contributed by atoms with Crippen LogP contribution in [0, 0.1) is 27.7 Å². The number of anilines is 9. The molecule has 0 atom stereocenters. The highest BCUT2D eigenvalue weighted by atomic mass is 15.2. The SMILES string of the molecule is Cc1cccc(N(c2cccc(C)c2)c2ccc3c(c2)c2cc(N(c4cccc(C)c4)c4cccc(C)c4)ccc2n3-c2ccc(N(c3ccccc3)c3cccc4ccccc34)cc2)c1. The number of fused-ring (bicyclic) bond motifs is 4. The molecular formula is C62H50N4. The van der Waals surface area contributed by atoms with Crippen LogP contribution < -0.4 is 14.7 Å². The molecule has 318 valence electrons. The minimum Gasteiger partial charge on any atom is -0.310 e. The van der Waals surface area contributed by atoms with Gasteiger partial charge in [0, 0.05) is 67.3 Å². The van der Waals surface area contributed by atoms with Crippen LogP contribution in [-0.2, 0) is 0 Å². The first-order valence-corrected chi connectivity index (χ1v) is 22.7. The summed E-state index contributed by atoms with van der Waals surface area (Å²) in [5.74, 6) is 0. The Bertz CT molecular complexity index is 3300. The summed E-state index contributed by atoms with van der Waals surface area (Å²) in [7, 11) is 0. The van der Waals surface area contributed by atoms with Crippen LogP contribution in [0.3, 0.4) is 0 Å². The molecule has 0 spiro atoms. The number of aromatic nitrogens is 1. The Morgan fingerprint density at radius 3 is 1.14 bits per heavy atom. The number of nitrogens with zero attached hydrogens (tertiary/aromatic N) is 4. The number of benzene rings is 10. The first-order chi connectivity index (χ1) is 32.4. The molecule has 1 aromatic heterocycles. The van der Waals surface area contributed by atoms with Crippen molar-refractivity contribution in [3.8, 4) is 5.69 Å². The Kier molecular flexibility index (Phi) is 10.4. The molecular weight excluding hydrogens is 801 g/mol. The average Bonchev–Trinajstić information content (AvgIpc) is 3.66. The minimum atomic E-state index is 1.09. The summed E-state index contributed by atoms with van der Waals surface area (Å²) >= 11 is 0. The maximum Gasteiger partial charge on any atom is 0.0542 e. The molecule has 0 aliphatic rings. The molecule has 11 rings (SSSR count). The second-order valence-corrected chi connectivity index (χ2v) is 17.5. The maximum atomic E-state index is 2.43. The molecule has 0 radical (unpaired) electrons. The van der Waals surface area contributed by atoms with Crippen molar-refractivity contribution in [2.24, 2.45) is 0 Å². The normalized spacial score (nSPS) is 11.3. The van der Waals surface area contributed by atoms with Gasteiger partial charge in [-0.05, 0) is 183 Å². The van der Waals surface area contributed by atoms with E-state index in [4.69, 9.17) is 0 Å². The van der Waals surface area contributed by atoms with E-state index in [-0.39, 0.29) is 0 Å².